The van der Waals surface area contributed by atoms with E-state index in [2.05, 4.69) is 49.5 Å². The highest BCUT2D eigenvalue weighted by Crippen LogP contribution is 2.32. The largest absolute Gasteiger partial charge is 0.367 e. The van der Waals surface area contributed by atoms with Gasteiger partial charge in [-0.15, -0.1) is 0 Å². The smallest absolute Gasteiger partial charge is 0.273 e. The van der Waals surface area contributed by atoms with Crippen molar-refractivity contribution in [2.45, 2.75) is 25.4 Å². The molecule has 6 rings (SSSR count). The van der Waals surface area contributed by atoms with Crippen LogP contribution in [0.4, 0.5) is 5.82 Å². The summed E-state index contributed by atoms with van der Waals surface area (Å²) in [4.78, 5) is 29.7. The topological polar surface area (TPSA) is 115 Å². The minimum atomic E-state index is -0.155. The van der Waals surface area contributed by atoms with Crippen molar-refractivity contribution in [1.29, 1.82) is 5.26 Å². The molecule has 0 spiro atoms. The zero-order chi connectivity index (χ0) is 29.1. The van der Waals surface area contributed by atoms with E-state index < -0.39 is 0 Å². The number of imidazole rings is 1. The second-order valence-electron chi connectivity index (χ2n) is 10.6. The summed E-state index contributed by atoms with van der Waals surface area (Å²) in [5.74, 6) is 0.728. The molecular formula is C32H31N9O. The van der Waals surface area contributed by atoms with Gasteiger partial charge in [-0.2, -0.15) is 10.4 Å². The summed E-state index contributed by atoms with van der Waals surface area (Å²) in [6.45, 7) is 2.81. The Hall–Kier alpha value is -5.14. The number of hydrogen-bond acceptors (Lipinski definition) is 8. The third-order valence-corrected chi connectivity index (χ3v) is 7.48. The molecule has 0 atom stereocenters. The molecule has 1 N–H and O–H groups in total. The fourth-order valence-corrected chi connectivity index (χ4v) is 5.30. The Morgan fingerprint density at radius 3 is 2.45 bits per heavy atom. The number of amides is 1. The molecule has 0 saturated carbocycles. The quantitative estimate of drug-likeness (QED) is 0.311. The molecule has 1 amide bonds. The van der Waals surface area contributed by atoms with Crippen LogP contribution in [-0.2, 0) is 6.54 Å². The van der Waals surface area contributed by atoms with Crippen molar-refractivity contribution in [3.8, 4) is 28.6 Å². The number of hydrogen-bond donors (Lipinski definition) is 1. The first-order chi connectivity index (χ1) is 20.5. The van der Waals surface area contributed by atoms with Gasteiger partial charge >= 0.3 is 0 Å². The van der Waals surface area contributed by atoms with E-state index in [0.29, 0.717) is 23.2 Å². The Balaban J connectivity index is 1.19. The number of nitriles is 1. The van der Waals surface area contributed by atoms with Gasteiger partial charge in [0.1, 0.15) is 23.3 Å². The van der Waals surface area contributed by atoms with Gasteiger partial charge in [-0.3, -0.25) is 9.69 Å². The van der Waals surface area contributed by atoms with E-state index in [1.54, 1.807) is 36.9 Å². The van der Waals surface area contributed by atoms with Gasteiger partial charge in [0, 0.05) is 57.1 Å². The van der Waals surface area contributed by atoms with E-state index in [-0.39, 0.29) is 11.7 Å². The average Bonchev–Trinajstić information content (AvgIpc) is 3.41. The summed E-state index contributed by atoms with van der Waals surface area (Å²) >= 11 is 0. The average molecular weight is 558 g/mol. The number of benzene rings is 2. The molecule has 210 valence electrons. The van der Waals surface area contributed by atoms with E-state index in [4.69, 9.17) is 10.2 Å². The Morgan fingerprint density at radius 2 is 1.74 bits per heavy atom. The maximum absolute atomic E-state index is 12.6. The maximum Gasteiger partial charge on any atom is 0.273 e. The SMILES string of the molecule is CN(C)C(=O)c1ccc2nc(-c3ccc(CN4CCC(Nc5ccnc(C#N)n5)CC4)cc3)c(-c3ccccc3)n2n1. The second-order valence-corrected chi connectivity index (χ2v) is 10.6. The molecule has 0 bridgehead atoms. The van der Waals surface area contributed by atoms with Gasteiger partial charge in [-0.1, -0.05) is 54.6 Å². The van der Waals surface area contributed by atoms with Crippen molar-refractivity contribution < 1.29 is 4.79 Å². The number of aromatic nitrogens is 5. The number of piperidine rings is 1. The third kappa shape index (κ3) is 5.68. The zero-order valence-electron chi connectivity index (χ0n) is 23.6. The van der Waals surface area contributed by atoms with Crippen molar-refractivity contribution in [2.24, 2.45) is 0 Å². The van der Waals surface area contributed by atoms with Gasteiger partial charge in [-0.25, -0.2) is 19.5 Å². The zero-order valence-corrected chi connectivity index (χ0v) is 23.6. The normalized spacial score (nSPS) is 14.0. The minimum Gasteiger partial charge on any atom is -0.367 e. The summed E-state index contributed by atoms with van der Waals surface area (Å²) < 4.78 is 1.77. The number of carbonyl (C=O) groups excluding carboxylic acids is 1. The predicted octanol–water partition coefficient (Wildman–Crippen LogP) is 4.50. The van der Waals surface area contributed by atoms with E-state index in [0.717, 1.165) is 55.0 Å². The Bertz CT molecular complexity index is 1750. The monoisotopic (exact) mass is 557 g/mol. The van der Waals surface area contributed by atoms with Crippen LogP contribution in [0, 0.1) is 11.3 Å². The Morgan fingerprint density at radius 1 is 0.976 bits per heavy atom. The minimum absolute atomic E-state index is 0.155. The summed E-state index contributed by atoms with van der Waals surface area (Å²) in [5.41, 5.74) is 5.94. The molecule has 0 radical (unpaired) electrons. The predicted molar refractivity (Wildman–Crippen MR) is 161 cm³/mol. The molecule has 1 fully saturated rings. The first-order valence-corrected chi connectivity index (χ1v) is 14.0. The lowest BCUT2D eigenvalue weighted by atomic mass is 10.0. The molecule has 2 aromatic carbocycles. The summed E-state index contributed by atoms with van der Waals surface area (Å²) in [7, 11) is 3.44. The lowest BCUT2D eigenvalue weighted by Gasteiger charge is -2.32. The van der Waals surface area contributed by atoms with Gasteiger partial charge in [0.2, 0.25) is 5.82 Å². The fourth-order valence-electron chi connectivity index (χ4n) is 5.30. The molecule has 3 aromatic heterocycles. The van der Waals surface area contributed by atoms with Crippen LogP contribution >= 0.6 is 0 Å². The van der Waals surface area contributed by atoms with Gasteiger partial charge in [0.05, 0.1) is 5.69 Å². The molecule has 0 unspecified atom stereocenters. The van der Waals surface area contributed by atoms with Crippen LogP contribution in [0.3, 0.4) is 0 Å². The standard InChI is InChI=1S/C32H31N9O/c1-39(2)32(42)26-12-13-29-37-30(31(41(29)38-26)24-6-4-3-5-7-24)23-10-8-22(9-11-23)21-40-18-15-25(16-19-40)35-27-14-17-34-28(20-33)36-27/h3-14,17,25H,15-16,18-19,21H2,1-2H3,(H,34,35,36). The van der Waals surface area contributed by atoms with E-state index in [9.17, 15) is 4.79 Å². The van der Waals surface area contributed by atoms with Crippen molar-refractivity contribution in [2.75, 3.05) is 32.5 Å². The highest BCUT2D eigenvalue weighted by Gasteiger charge is 2.21. The molecule has 4 heterocycles. The lowest BCUT2D eigenvalue weighted by Crippen LogP contribution is -2.38. The molecule has 5 aromatic rings. The summed E-state index contributed by atoms with van der Waals surface area (Å²) in [6.07, 6.45) is 3.61. The molecule has 10 nitrogen and oxygen atoms in total. The molecule has 1 aliphatic heterocycles. The van der Waals surface area contributed by atoms with Crippen LogP contribution in [0.5, 0.6) is 0 Å². The number of rotatable bonds is 7. The molecule has 10 heteroatoms. The third-order valence-electron chi connectivity index (χ3n) is 7.48. The highest BCUT2D eigenvalue weighted by atomic mass is 16.2. The van der Waals surface area contributed by atoms with E-state index >= 15 is 0 Å². The van der Waals surface area contributed by atoms with Crippen LogP contribution in [-0.4, -0.2) is 73.5 Å². The fraction of sp³-hybridized carbons (Fsp3) is 0.250. The van der Waals surface area contributed by atoms with Crippen molar-refractivity contribution in [3.63, 3.8) is 0 Å². The molecule has 42 heavy (non-hydrogen) atoms. The first kappa shape index (κ1) is 27.1. The van der Waals surface area contributed by atoms with Crippen molar-refractivity contribution >= 4 is 17.4 Å². The van der Waals surface area contributed by atoms with Gasteiger partial charge in [0.25, 0.3) is 5.91 Å². The molecular weight excluding hydrogens is 526 g/mol. The number of nitrogens with one attached hydrogen (secondary N) is 1. The number of nitrogens with zero attached hydrogens (tertiary/aromatic N) is 8. The number of fused-ring (bicyclic) bond motifs is 1. The second kappa shape index (κ2) is 11.8. The van der Waals surface area contributed by atoms with Crippen molar-refractivity contribution in [3.05, 3.63) is 96.1 Å². The molecule has 0 aliphatic carbocycles. The van der Waals surface area contributed by atoms with Crippen LogP contribution < -0.4 is 5.32 Å². The number of likely N-dealkylation sites (tertiary alicyclic amines) is 1. The first-order valence-electron chi connectivity index (χ1n) is 14.0. The van der Waals surface area contributed by atoms with Gasteiger partial charge in [0.15, 0.2) is 5.65 Å². The summed E-state index contributed by atoms with van der Waals surface area (Å²) in [5, 5.41) is 17.2. The number of anilines is 1. The Labute approximate surface area is 244 Å². The van der Waals surface area contributed by atoms with Gasteiger partial charge < -0.3 is 10.2 Å². The van der Waals surface area contributed by atoms with Crippen LogP contribution in [0.25, 0.3) is 28.2 Å². The van der Waals surface area contributed by atoms with E-state index in [1.165, 1.54) is 10.5 Å². The summed E-state index contributed by atoms with van der Waals surface area (Å²) in [6, 6.07) is 26.3. The lowest BCUT2D eigenvalue weighted by molar-refractivity contribution is 0.0820. The van der Waals surface area contributed by atoms with Crippen molar-refractivity contribution in [1.82, 2.24) is 34.4 Å². The van der Waals surface area contributed by atoms with Crippen LogP contribution in [0.15, 0.2) is 79.0 Å². The Kier molecular flexibility index (Phi) is 7.58. The van der Waals surface area contributed by atoms with E-state index in [1.807, 2.05) is 42.5 Å². The van der Waals surface area contributed by atoms with Gasteiger partial charge in [-0.05, 0) is 36.6 Å². The molecule has 1 aliphatic rings. The van der Waals surface area contributed by atoms with Crippen LogP contribution in [0.2, 0.25) is 0 Å². The van der Waals surface area contributed by atoms with Crippen LogP contribution in [0.1, 0.15) is 34.7 Å². The highest BCUT2D eigenvalue weighted by molar-refractivity contribution is 5.92. The molecule has 1 saturated heterocycles. The maximum atomic E-state index is 12.6. The number of carbonyl (C=O) groups is 1.